The Labute approximate surface area is 152 Å². The standard InChI is InChI=1S/C17H22N4O3.ClH/c1-12-19-15(21-24-12)11-23-14-7-5-13(6-8-14)20-16(22)17(18)9-3-2-4-10-17;/h5-8H,2-4,9-11,18H2,1H3,(H,20,22);1H. The highest BCUT2D eigenvalue weighted by Crippen LogP contribution is 2.27. The number of hydrogen-bond donors (Lipinski definition) is 2. The molecule has 0 saturated heterocycles. The van der Waals surface area contributed by atoms with Crippen molar-refractivity contribution in [3.05, 3.63) is 36.0 Å². The third kappa shape index (κ3) is 4.93. The average Bonchev–Trinajstić information content (AvgIpc) is 3.00. The Morgan fingerprint density at radius 3 is 2.56 bits per heavy atom. The van der Waals surface area contributed by atoms with E-state index in [4.69, 9.17) is 15.0 Å². The van der Waals surface area contributed by atoms with E-state index in [0.29, 0.717) is 23.2 Å². The lowest BCUT2D eigenvalue weighted by molar-refractivity contribution is -0.122. The number of aryl methyl sites for hydroxylation is 1. The summed E-state index contributed by atoms with van der Waals surface area (Å²) in [5, 5.41) is 6.66. The molecule has 0 radical (unpaired) electrons. The van der Waals surface area contributed by atoms with E-state index in [0.717, 1.165) is 32.1 Å². The number of nitrogens with one attached hydrogen (secondary N) is 1. The molecule has 0 unspecified atom stereocenters. The van der Waals surface area contributed by atoms with Gasteiger partial charge in [0.15, 0.2) is 6.61 Å². The molecule has 0 bridgehead atoms. The minimum Gasteiger partial charge on any atom is -0.485 e. The van der Waals surface area contributed by atoms with Crippen LogP contribution in [0.4, 0.5) is 5.69 Å². The van der Waals surface area contributed by atoms with Crippen LogP contribution in [0.1, 0.15) is 43.8 Å². The quantitative estimate of drug-likeness (QED) is 0.843. The molecule has 3 rings (SSSR count). The van der Waals surface area contributed by atoms with Crippen LogP contribution in [0.15, 0.2) is 28.8 Å². The van der Waals surface area contributed by atoms with Crippen molar-refractivity contribution in [3.63, 3.8) is 0 Å². The molecule has 1 aliphatic rings. The number of carbonyl (C=O) groups excluding carboxylic acids is 1. The Morgan fingerprint density at radius 2 is 1.96 bits per heavy atom. The number of carbonyl (C=O) groups is 1. The first kappa shape index (κ1) is 19.2. The van der Waals surface area contributed by atoms with Gasteiger partial charge in [0.1, 0.15) is 5.75 Å². The first-order valence-corrected chi connectivity index (χ1v) is 8.18. The second-order valence-electron chi connectivity index (χ2n) is 6.21. The van der Waals surface area contributed by atoms with Gasteiger partial charge in [-0.2, -0.15) is 4.98 Å². The van der Waals surface area contributed by atoms with Crippen molar-refractivity contribution >= 4 is 24.0 Å². The normalized spacial score (nSPS) is 15.9. The summed E-state index contributed by atoms with van der Waals surface area (Å²) in [6, 6.07) is 7.15. The Bertz CT molecular complexity index is 696. The van der Waals surface area contributed by atoms with E-state index in [2.05, 4.69) is 15.5 Å². The molecule has 0 spiro atoms. The molecule has 1 heterocycles. The van der Waals surface area contributed by atoms with Crippen LogP contribution in [0.2, 0.25) is 0 Å². The van der Waals surface area contributed by atoms with Crippen molar-refractivity contribution in [1.29, 1.82) is 0 Å². The first-order chi connectivity index (χ1) is 11.5. The maximum atomic E-state index is 12.4. The molecule has 7 nitrogen and oxygen atoms in total. The molecule has 1 fully saturated rings. The number of halogens is 1. The van der Waals surface area contributed by atoms with Gasteiger partial charge in [-0.3, -0.25) is 4.79 Å². The number of nitrogens with two attached hydrogens (primary N) is 1. The maximum Gasteiger partial charge on any atom is 0.244 e. The van der Waals surface area contributed by atoms with Crippen LogP contribution in [-0.2, 0) is 11.4 Å². The van der Waals surface area contributed by atoms with Gasteiger partial charge >= 0.3 is 0 Å². The molecule has 25 heavy (non-hydrogen) atoms. The summed E-state index contributed by atoms with van der Waals surface area (Å²) in [6.07, 6.45) is 4.64. The van der Waals surface area contributed by atoms with Gasteiger partial charge in [-0.1, -0.05) is 24.4 Å². The fourth-order valence-corrected chi connectivity index (χ4v) is 2.85. The number of ether oxygens (including phenoxy) is 1. The second kappa shape index (κ2) is 8.31. The molecular formula is C17H23ClN4O3. The van der Waals surface area contributed by atoms with E-state index in [-0.39, 0.29) is 24.9 Å². The molecule has 3 N–H and O–H groups in total. The van der Waals surface area contributed by atoms with Crippen LogP contribution in [0, 0.1) is 6.92 Å². The highest BCUT2D eigenvalue weighted by Gasteiger charge is 2.35. The minimum absolute atomic E-state index is 0. The van der Waals surface area contributed by atoms with Crippen molar-refractivity contribution in [3.8, 4) is 5.75 Å². The largest absolute Gasteiger partial charge is 0.485 e. The smallest absolute Gasteiger partial charge is 0.244 e. The summed E-state index contributed by atoms with van der Waals surface area (Å²) in [6.45, 7) is 1.96. The lowest BCUT2D eigenvalue weighted by Crippen LogP contribution is -2.52. The van der Waals surface area contributed by atoms with Gasteiger partial charge in [0, 0.05) is 12.6 Å². The van der Waals surface area contributed by atoms with Crippen LogP contribution in [0.5, 0.6) is 5.75 Å². The van der Waals surface area contributed by atoms with E-state index < -0.39 is 5.54 Å². The summed E-state index contributed by atoms with van der Waals surface area (Å²) in [5.74, 6) is 1.55. The van der Waals surface area contributed by atoms with Crippen molar-refractivity contribution in [2.45, 2.75) is 51.2 Å². The van der Waals surface area contributed by atoms with Crippen LogP contribution in [-0.4, -0.2) is 21.6 Å². The van der Waals surface area contributed by atoms with Crippen LogP contribution in [0.25, 0.3) is 0 Å². The lowest BCUT2D eigenvalue weighted by Gasteiger charge is -2.31. The predicted octanol–water partition coefficient (Wildman–Crippen LogP) is 2.98. The number of hydrogen-bond acceptors (Lipinski definition) is 6. The van der Waals surface area contributed by atoms with Gasteiger partial charge in [-0.25, -0.2) is 0 Å². The molecular weight excluding hydrogens is 344 g/mol. The number of rotatable bonds is 5. The van der Waals surface area contributed by atoms with Gasteiger partial charge in [0.2, 0.25) is 17.6 Å². The van der Waals surface area contributed by atoms with E-state index in [9.17, 15) is 4.79 Å². The van der Waals surface area contributed by atoms with E-state index in [1.54, 1.807) is 31.2 Å². The molecule has 1 aromatic carbocycles. The van der Waals surface area contributed by atoms with Gasteiger partial charge in [0.25, 0.3) is 0 Å². The maximum absolute atomic E-state index is 12.4. The van der Waals surface area contributed by atoms with E-state index in [1.807, 2.05) is 0 Å². The van der Waals surface area contributed by atoms with Crippen LogP contribution < -0.4 is 15.8 Å². The number of amides is 1. The third-order valence-electron chi connectivity index (χ3n) is 4.25. The zero-order chi connectivity index (χ0) is 17.0. The molecule has 2 aromatic rings. The van der Waals surface area contributed by atoms with Crippen molar-refractivity contribution in [1.82, 2.24) is 10.1 Å². The number of aromatic nitrogens is 2. The SMILES string of the molecule is Cc1nc(COc2ccc(NC(=O)C3(N)CCCCC3)cc2)no1.Cl. The van der Waals surface area contributed by atoms with Crippen molar-refractivity contribution in [2.24, 2.45) is 5.73 Å². The number of nitrogens with zero attached hydrogens (tertiary/aromatic N) is 2. The highest BCUT2D eigenvalue weighted by atomic mass is 35.5. The molecule has 136 valence electrons. The monoisotopic (exact) mass is 366 g/mol. The van der Waals surface area contributed by atoms with Crippen molar-refractivity contribution in [2.75, 3.05) is 5.32 Å². The average molecular weight is 367 g/mol. The van der Waals surface area contributed by atoms with Gasteiger partial charge in [-0.05, 0) is 37.1 Å². The van der Waals surface area contributed by atoms with E-state index in [1.165, 1.54) is 0 Å². The Kier molecular flexibility index (Phi) is 6.39. The molecule has 8 heteroatoms. The topological polar surface area (TPSA) is 103 Å². The molecule has 1 aromatic heterocycles. The summed E-state index contributed by atoms with van der Waals surface area (Å²) in [7, 11) is 0. The molecule has 1 saturated carbocycles. The number of anilines is 1. The molecule has 1 aliphatic carbocycles. The second-order valence-corrected chi connectivity index (χ2v) is 6.21. The fraction of sp³-hybridized carbons (Fsp3) is 0.471. The Balaban J connectivity index is 0.00000225. The zero-order valence-corrected chi connectivity index (χ0v) is 15.0. The molecule has 0 aliphatic heterocycles. The predicted molar refractivity (Wildman–Crippen MR) is 95.7 cm³/mol. The molecule has 0 atom stereocenters. The van der Waals surface area contributed by atoms with Crippen LogP contribution >= 0.6 is 12.4 Å². The summed E-state index contributed by atoms with van der Waals surface area (Å²) < 4.78 is 10.5. The summed E-state index contributed by atoms with van der Waals surface area (Å²) in [4.78, 5) is 16.5. The fourth-order valence-electron chi connectivity index (χ4n) is 2.85. The summed E-state index contributed by atoms with van der Waals surface area (Å²) >= 11 is 0. The first-order valence-electron chi connectivity index (χ1n) is 8.18. The van der Waals surface area contributed by atoms with E-state index >= 15 is 0 Å². The third-order valence-corrected chi connectivity index (χ3v) is 4.25. The van der Waals surface area contributed by atoms with Gasteiger partial charge in [-0.15, -0.1) is 12.4 Å². The van der Waals surface area contributed by atoms with Gasteiger partial charge < -0.3 is 20.3 Å². The molecule has 1 amide bonds. The van der Waals surface area contributed by atoms with Crippen molar-refractivity contribution < 1.29 is 14.1 Å². The summed E-state index contributed by atoms with van der Waals surface area (Å²) in [5.41, 5.74) is 6.20. The minimum atomic E-state index is -0.746. The van der Waals surface area contributed by atoms with Gasteiger partial charge in [0.05, 0.1) is 5.54 Å². The highest BCUT2D eigenvalue weighted by molar-refractivity contribution is 5.98. The Hall–Kier alpha value is -2.12. The lowest BCUT2D eigenvalue weighted by atomic mass is 9.82. The number of benzene rings is 1. The Morgan fingerprint density at radius 1 is 1.28 bits per heavy atom. The van der Waals surface area contributed by atoms with Crippen LogP contribution in [0.3, 0.4) is 0 Å². The zero-order valence-electron chi connectivity index (χ0n) is 14.2.